The summed E-state index contributed by atoms with van der Waals surface area (Å²) >= 11 is 0. The van der Waals surface area contributed by atoms with Crippen molar-refractivity contribution in [3.63, 3.8) is 0 Å². The van der Waals surface area contributed by atoms with Gasteiger partial charge in [0, 0.05) is 19.4 Å². The molecule has 0 saturated heterocycles. The third-order valence-electron chi connectivity index (χ3n) is 4.36. The molecule has 31 heavy (non-hydrogen) atoms. The zero-order valence-corrected chi connectivity index (χ0v) is 17.9. The number of methoxy groups -OCH3 is 1. The van der Waals surface area contributed by atoms with Crippen LogP contribution in [-0.4, -0.2) is 51.7 Å². The minimum absolute atomic E-state index is 0.0420. The lowest BCUT2D eigenvalue weighted by atomic mass is 10.2. The fourth-order valence-corrected chi connectivity index (χ4v) is 3.93. The Morgan fingerprint density at radius 1 is 1.03 bits per heavy atom. The molecule has 0 saturated carbocycles. The summed E-state index contributed by atoms with van der Waals surface area (Å²) in [5.41, 5.74) is 0.651. The van der Waals surface area contributed by atoms with E-state index >= 15 is 0 Å². The van der Waals surface area contributed by atoms with Crippen molar-refractivity contribution in [3.8, 4) is 5.75 Å². The van der Waals surface area contributed by atoms with Crippen molar-refractivity contribution < 1.29 is 22.7 Å². The van der Waals surface area contributed by atoms with Crippen molar-refractivity contribution in [2.45, 2.75) is 4.90 Å². The van der Waals surface area contributed by atoms with E-state index in [9.17, 15) is 13.2 Å². The molecule has 1 heterocycles. The van der Waals surface area contributed by atoms with Gasteiger partial charge in [0.05, 0.1) is 29.8 Å². The number of carbonyl (C=O) groups excluding carboxylic acids is 1. The van der Waals surface area contributed by atoms with Gasteiger partial charge in [0.25, 0.3) is 10.0 Å². The van der Waals surface area contributed by atoms with Crippen LogP contribution in [0.1, 0.15) is 10.4 Å². The number of carbonyl (C=O) groups is 1. The second kappa shape index (κ2) is 9.90. The number of hydrogen-bond donors (Lipinski definition) is 1. The van der Waals surface area contributed by atoms with Crippen LogP contribution < -0.4 is 14.4 Å². The summed E-state index contributed by atoms with van der Waals surface area (Å²) in [5, 5.41) is 2.92. The highest BCUT2D eigenvalue weighted by Gasteiger charge is 2.24. The Balaban J connectivity index is 1.62. The first kappa shape index (κ1) is 22.0. The van der Waals surface area contributed by atoms with Crippen LogP contribution in [0.3, 0.4) is 0 Å². The Bertz CT molecular complexity index is 1120. The van der Waals surface area contributed by atoms with Crippen molar-refractivity contribution in [1.82, 2.24) is 9.97 Å². The van der Waals surface area contributed by atoms with Crippen LogP contribution in [0.25, 0.3) is 0 Å². The van der Waals surface area contributed by atoms with Crippen LogP contribution in [0.5, 0.6) is 5.75 Å². The van der Waals surface area contributed by atoms with E-state index in [1.807, 2.05) is 0 Å². The third-order valence-corrected chi connectivity index (χ3v) is 6.14. The lowest BCUT2D eigenvalue weighted by Crippen LogP contribution is -2.27. The maximum absolute atomic E-state index is 13.0. The number of rotatable bonds is 9. The van der Waals surface area contributed by atoms with Crippen LogP contribution in [0.4, 0.5) is 11.6 Å². The molecule has 0 aliphatic carbocycles. The normalized spacial score (nSPS) is 10.9. The van der Waals surface area contributed by atoms with Gasteiger partial charge in [-0.25, -0.2) is 23.2 Å². The second-order valence-corrected chi connectivity index (χ2v) is 8.27. The van der Waals surface area contributed by atoms with Gasteiger partial charge in [0.15, 0.2) is 0 Å². The Hall–Kier alpha value is -3.66. The molecule has 0 atom stereocenters. The van der Waals surface area contributed by atoms with E-state index < -0.39 is 16.0 Å². The highest BCUT2D eigenvalue weighted by molar-refractivity contribution is 7.92. The van der Waals surface area contributed by atoms with E-state index in [2.05, 4.69) is 15.3 Å². The maximum Gasteiger partial charge on any atom is 0.338 e. The van der Waals surface area contributed by atoms with Gasteiger partial charge in [0.2, 0.25) is 5.95 Å². The largest absolute Gasteiger partial charge is 0.495 e. The van der Waals surface area contributed by atoms with E-state index in [-0.39, 0.29) is 17.1 Å². The molecule has 0 amide bonds. The number of esters is 1. The second-order valence-electron chi connectivity index (χ2n) is 6.30. The number of ether oxygens (including phenoxy) is 2. The molecule has 3 rings (SSSR count). The fourth-order valence-electron chi connectivity index (χ4n) is 2.72. The molecule has 0 unspecified atom stereocenters. The van der Waals surface area contributed by atoms with Gasteiger partial charge >= 0.3 is 5.97 Å². The molecule has 1 N–H and O–H groups in total. The summed E-state index contributed by atoms with van der Waals surface area (Å²) in [4.78, 5) is 20.2. The third kappa shape index (κ3) is 5.28. The highest BCUT2D eigenvalue weighted by Crippen LogP contribution is 2.30. The van der Waals surface area contributed by atoms with E-state index in [0.717, 1.165) is 4.31 Å². The summed E-state index contributed by atoms with van der Waals surface area (Å²) in [5.74, 6) is 0.313. The van der Waals surface area contributed by atoms with Crippen molar-refractivity contribution in [2.75, 3.05) is 36.9 Å². The van der Waals surface area contributed by atoms with E-state index in [4.69, 9.17) is 9.47 Å². The van der Waals surface area contributed by atoms with Gasteiger partial charge in [-0.05, 0) is 42.5 Å². The Kier molecular flexibility index (Phi) is 7.03. The number of aromatic nitrogens is 2. The van der Waals surface area contributed by atoms with Gasteiger partial charge in [-0.2, -0.15) is 0 Å². The average Bonchev–Trinajstić information content (AvgIpc) is 2.82. The van der Waals surface area contributed by atoms with Crippen LogP contribution in [-0.2, 0) is 14.8 Å². The first-order valence-electron chi connectivity index (χ1n) is 9.33. The molecule has 0 spiro atoms. The highest BCUT2D eigenvalue weighted by atomic mass is 32.2. The standard InChI is InChI=1S/C21H22N4O5S/c1-25(18-6-3-4-7-19(18)29-2)31(27,28)17-10-8-16(9-11-17)20(26)30-15-14-24-21-22-12-5-13-23-21/h3-13H,14-15H2,1-2H3,(H,22,23,24). The summed E-state index contributed by atoms with van der Waals surface area (Å²) < 4.78 is 37.5. The van der Waals surface area contributed by atoms with Crippen LogP contribution in [0.15, 0.2) is 71.9 Å². The van der Waals surface area contributed by atoms with E-state index in [1.165, 1.54) is 38.4 Å². The molecular weight excluding hydrogens is 420 g/mol. The maximum atomic E-state index is 13.0. The van der Waals surface area contributed by atoms with Crippen LogP contribution >= 0.6 is 0 Å². The average molecular weight is 442 g/mol. The minimum Gasteiger partial charge on any atom is -0.495 e. The minimum atomic E-state index is -3.84. The summed E-state index contributed by atoms with van der Waals surface area (Å²) in [7, 11) is -0.924. The Labute approximate surface area is 180 Å². The molecule has 9 nitrogen and oxygen atoms in total. The van der Waals surface area contributed by atoms with Gasteiger partial charge in [-0.3, -0.25) is 4.31 Å². The predicted octanol–water partition coefficient (Wildman–Crippen LogP) is 2.58. The quantitative estimate of drug-likeness (QED) is 0.398. The van der Waals surface area contributed by atoms with Gasteiger partial charge < -0.3 is 14.8 Å². The topological polar surface area (TPSA) is 111 Å². The Morgan fingerprint density at radius 3 is 2.39 bits per heavy atom. The van der Waals surface area contributed by atoms with Gasteiger partial charge in [-0.1, -0.05) is 12.1 Å². The van der Waals surface area contributed by atoms with Crippen molar-refractivity contribution >= 4 is 27.6 Å². The first-order chi connectivity index (χ1) is 14.9. The number of para-hydroxylation sites is 2. The number of anilines is 2. The monoisotopic (exact) mass is 442 g/mol. The number of benzene rings is 2. The van der Waals surface area contributed by atoms with Gasteiger partial charge in [0.1, 0.15) is 12.4 Å². The fraction of sp³-hybridized carbons (Fsp3) is 0.190. The molecule has 3 aromatic rings. The number of nitrogens with one attached hydrogen (secondary N) is 1. The smallest absolute Gasteiger partial charge is 0.338 e. The van der Waals surface area contributed by atoms with Crippen LogP contribution in [0.2, 0.25) is 0 Å². The van der Waals surface area contributed by atoms with E-state index in [1.54, 1.807) is 42.7 Å². The van der Waals surface area contributed by atoms with Crippen molar-refractivity contribution in [3.05, 3.63) is 72.6 Å². The lowest BCUT2D eigenvalue weighted by Gasteiger charge is -2.21. The molecule has 10 heteroatoms. The summed E-state index contributed by atoms with van der Waals surface area (Å²) in [6, 6.07) is 14.1. The lowest BCUT2D eigenvalue weighted by molar-refractivity contribution is 0.0520. The number of sulfonamides is 1. The molecule has 1 aromatic heterocycles. The molecule has 2 aromatic carbocycles. The molecule has 0 aliphatic rings. The SMILES string of the molecule is COc1ccccc1N(C)S(=O)(=O)c1ccc(C(=O)OCCNc2ncccn2)cc1. The summed E-state index contributed by atoms with van der Waals surface area (Å²) in [6.07, 6.45) is 3.20. The molecule has 0 bridgehead atoms. The zero-order chi connectivity index (χ0) is 22.3. The summed E-state index contributed by atoms with van der Waals surface area (Å²) in [6.45, 7) is 0.444. The number of nitrogens with zero attached hydrogens (tertiary/aromatic N) is 3. The van der Waals surface area contributed by atoms with Crippen molar-refractivity contribution in [1.29, 1.82) is 0 Å². The predicted molar refractivity (Wildman–Crippen MR) is 116 cm³/mol. The molecule has 0 radical (unpaired) electrons. The van der Waals surface area contributed by atoms with E-state index in [0.29, 0.717) is 23.9 Å². The first-order valence-corrected chi connectivity index (χ1v) is 10.8. The van der Waals surface area contributed by atoms with Crippen LogP contribution in [0, 0.1) is 0 Å². The number of hydrogen-bond acceptors (Lipinski definition) is 8. The molecular formula is C21H22N4O5S. The Morgan fingerprint density at radius 2 is 1.71 bits per heavy atom. The molecule has 0 aliphatic heterocycles. The zero-order valence-electron chi connectivity index (χ0n) is 17.1. The van der Waals surface area contributed by atoms with Crippen molar-refractivity contribution in [2.24, 2.45) is 0 Å². The molecule has 162 valence electrons. The molecule has 0 fully saturated rings. The van der Waals surface area contributed by atoms with Gasteiger partial charge in [-0.15, -0.1) is 0 Å².